The van der Waals surface area contributed by atoms with Crippen molar-refractivity contribution < 1.29 is 19.2 Å². The lowest BCUT2D eigenvalue weighted by Crippen LogP contribution is -2.47. The average Bonchev–Trinajstić information content (AvgIpc) is 2.45. The molecule has 122 valence electrons. The monoisotopic (exact) mass is 315 g/mol. The number of aliphatic hydroxyl groups is 1. The number of carbonyl (C=O) groups excluding carboxylic acids is 2. The zero-order valence-corrected chi connectivity index (χ0v) is 12.0. The van der Waals surface area contributed by atoms with Gasteiger partial charge in [-0.2, -0.15) is 10.5 Å². The zero-order valence-electron chi connectivity index (χ0n) is 12.0. The number of nitrogen functional groups attached to an aromatic ring is 1. The van der Waals surface area contributed by atoms with Crippen LogP contribution in [0.3, 0.4) is 0 Å². The summed E-state index contributed by atoms with van der Waals surface area (Å²) in [7, 11) is 0. The third-order valence-corrected chi connectivity index (χ3v) is 2.78. The van der Waals surface area contributed by atoms with Gasteiger partial charge in [-0.1, -0.05) is 0 Å². The highest BCUT2D eigenvalue weighted by Crippen LogP contribution is 1.98. The maximum absolute atomic E-state index is 12.4. The number of Topliss-reactive ketones (excluding diaryl/α,β-unsaturated/α-hetero) is 1. The minimum Gasteiger partial charge on any atom is -0.395 e. The number of aromatic nitrogens is 2. The van der Waals surface area contributed by atoms with Crippen molar-refractivity contribution in [3.63, 3.8) is 0 Å². The number of nitrogens with zero attached hydrogens (tertiary/aromatic N) is 3. The third-order valence-electron chi connectivity index (χ3n) is 2.78. The Morgan fingerprint density at radius 1 is 1.59 bits per heavy atom. The summed E-state index contributed by atoms with van der Waals surface area (Å²) in [4.78, 5) is 39.5. The van der Waals surface area contributed by atoms with Crippen LogP contribution in [-0.4, -0.2) is 57.0 Å². The van der Waals surface area contributed by atoms with Gasteiger partial charge in [-0.05, 0) is 13.0 Å². The fourth-order valence-electron chi connectivity index (χ4n) is 1.72. The van der Waals surface area contributed by atoms with E-state index in [4.69, 9.17) is 10.8 Å². The molecular weight excluding hydrogens is 297 g/mol. The standard InChI is InChI=1S/C12H18FN5O4/c1-8(20)4-18(5-9(7-19)16-13)11(21)6-17-3-2-10(14)15-12(17)22/h2-3,9,16,19H,4-7H2,1H3,(H2,14,15,22). The smallest absolute Gasteiger partial charge is 0.349 e. The molecule has 0 aliphatic heterocycles. The second-order valence-electron chi connectivity index (χ2n) is 4.73. The molecule has 0 saturated carbocycles. The van der Waals surface area contributed by atoms with Crippen molar-refractivity contribution in [2.75, 3.05) is 25.4 Å². The van der Waals surface area contributed by atoms with Gasteiger partial charge in [-0.15, -0.1) is 4.48 Å². The van der Waals surface area contributed by atoms with Crippen LogP contribution in [0.15, 0.2) is 17.1 Å². The van der Waals surface area contributed by atoms with E-state index in [2.05, 4.69) is 4.98 Å². The van der Waals surface area contributed by atoms with E-state index in [0.29, 0.717) is 0 Å². The molecular formula is C12H18FN5O4. The van der Waals surface area contributed by atoms with Crippen molar-refractivity contribution >= 4 is 17.5 Å². The minimum atomic E-state index is -1.02. The molecule has 9 nitrogen and oxygen atoms in total. The second kappa shape index (κ2) is 8.20. The number of hydrogen-bond acceptors (Lipinski definition) is 7. The summed E-state index contributed by atoms with van der Waals surface area (Å²) >= 11 is 0. The van der Waals surface area contributed by atoms with E-state index < -0.39 is 24.2 Å². The second-order valence-corrected chi connectivity index (χ2v) is 4.73. The molecule has 0 aliphatic carbocycles. The van der Waals surface area contributed by atoms with Crippen LogP contribution in [0.25, 0.3) is 0 Å². The highest BCUT2D eigenvalue weighted by atomic mass is 19.2. The number of ketones is 1. The third kappa shape index (κ3) is 5.22. The fourth-order valence-corrected chi connectivity index (χ4v) is 1.72. The Bertz CT molecular complexity index is 587. The number of halogens is 1. The Labute approximate surface area is 125 Å². The first-order valence-electron chi connectivity index (χ1n) is 6.44. The van der Waals surface area contributed by atoms with Crippen molar-refractivity contribution in [2.24, 2.45) is 0 Å². The first kappa shape index (κ1) is 17.7. The molecule has 4 N–H and O–H groups in total. The SMILES string of the molecule is CC(=O)CN(CC(CO)NF)C(=O)Cn1ccc(N)nc1=O. The molecule has 10 heteroatoms. The van der Waals surface area contributed by atoms with Gasteiger partial charge in [0.05, 0.1) is 19.2 Å². The van der Waals surface area contributed by atoms with Crippen LogP contribution in [0.4, 0.5) is 10.3 Å². The van der Waals surface area contributed by atoms with Gasteiger partial charge in [0.2, 0.25) is 5.91 Å². The quantitative estimate of drug-likeness (QED) is 0.477. The molecule has 0 radical (unpaired) electrons. The molecule has 1 rings (SSSR count). The highest BCUT2D eigenvalue weighted by Gasteiger charge is 2.20. The van der Waals surface area contributed by atoms with E-state index in [0.717, 1.165) is 9.47 Å². The zero-order chi connectivity index (χ0) is 16.7. The highest BCUT2D eigenvalue weighted by molar-refractivity contribution is 5.84. The summed E-state index contributed by atoms with van der Waals surface area (Å²) in [5, 5.41) is 8.95. The van der Waals surface area contributed by atoms with Crippen LogP contribution >= 0.6 is 0 Å². The van der Waals surface area contributed by atoms with E-state index in [1.807, 2.05) is 0 Å². The Balaban J connectivity index is 2.86. The average molecular weight is 315 g/mol. The summed E-state index contributed by atoms with van der Waals surface area (Å²) in [5.41, 5.74) is 5.97. The number of amides is 1. The first-order valence-corrected chi connectivity index (χ1v) is 6.44. The van der Waals surface area contributed by atoms with Crippen molar-refractivity contribution in [2.45, 2.75) is 19.5 Å². The Hall–Kier alpha value is -2.33. The molecule has 1 atom stereocenters. The van der Waals surface area contributed by atoms with Crippen LogP contribution in [0.5, 0.6) is 0 Å². The van der Waals surface area contributed by atoms with E-state index in [-0.39, 0.29) is 31.2 Å². The normalized spacial score (nSPS) is 12.0. The van der Waals surface area contributed by atoms with Gasteiger partial charge in [-0.3, -0.25) is 14.2 Å². The molecule has 0 spiro atoms. The van der Waals surface area contributed by atoms with Crippen molar-refractivity contribution in [3.05, 3.63) is 22.7 Å². The predicted molar refractivity (Wildman–Crippen MR) is 75.3 cm³/mol. The first-order chi connectivity index (χ1) is 10.4. The van der Waals surface area contributed by atoms with Gasteiger partial charge in [-0.25, -0.2) is 4.79 Å². The van der Waals surface area contributed by atoms with Crippen LogP contribution in [-0.2, 0) is 16.1 Å². The van der Waals surface area contributed by atoms with Gasteiger partial charge in [0.15, 0.2) is 0 Å². The lowest BCUT2D eigenvalue weighted by atomic mass is 10.2. The maximum Gasteiger partial charge on any atom is 0.349 e. The van der Waals surface area contributed by atoms with E-state index in [1.54, 1.807) is 0 Å². The summed E-state index contributed by atoms with van der Waals surface area (Å²) in [6.45, 7) is -0.129. The van der Waals surface area contributed by atoms with Gasteiger partial charge >= 0.3 is 5.69 Å². The number of anilines is 1. The Morgan fingerprint density at radius 3 is 2.77 bits per heavy atom. The molecule has 0 saturated heterocycles. The number of hydrogen-bond donors (Lipinski definition) is 3. The Morgan fingerprint density at radius 2 is 2.27 bits per heavy atom. The summed E-state index contributed by atoms with van der Waals surface area (Å²) < 4.78 is 13.5. The minimum absolute atomic E-state index is 0.0243. The van der Waals surface area contributed by atoms with Crippen LogP contribution in [0.2, 0.25) is 0 Å². The maximum atomic E-state index is 12.4. The molecule has 1 amide bonds. The summed E-state index contributed by atoms with van der Waals surface area (Å²) in [6.07, 6.45) is 1.30. The van der Waals surface area contributed by atoms with Crippen LogP contribution < -0.4 is 17.0 Å². The van der Waals surface area contributed by atoms with Gasteiger partial charge in [0.25, 0.3) is 0 Å². The Kier molecular flexibility index (Phi) is 6.60. The van der Waals surface area contributed by atoms with E-state index in [9.17, 15) is 18.9 Å². The van der Waals surface area contributed by atoms with Gasteiger partial charge < -0.3 is 15.7 Å². The lowest BCUT2D eigenvalue weighted by molar-refractivity contribution is -0.136. The van der Waals surface area contributed by atoms with E-state index >= 15 is 0 Å². The van der Waals surface area contributed by atoms with Crippen molar-refractivity contribution in [3.8, 4) is 0 Å². The number of rotatable bonds is 8. The molecule has 1 heterocycles. The topological polar surface area (TPSA) is 131 Å². The molecule has 1 aromatic rings. The molecule has 0 aromatic carbocycles. The molecule has 22 heavy (non-hydrogen) atoms. The number of carbonyl (C=O) groups is 2. The number of nitrogens with two attached hydrogens (primary N) is 1. The lowest BCUT2D eigenvalue weighted by Gasteiger charge is -2.25. The molecule has 1 unspecified atom stereocenters. The molecule has 1 aromatic heterocycles. The number of nitrogens with one attached hydrogen (secondary N) is 1. The van der Waals surface area contributed by atoms with Crippen LogP contribution in [0.1, 0.15) is 6.92 Å². The van der Waals surface area contributed by atoms with E-state index in [1.165, 1.54) is 24.7 Å². The van der Waals surface area contributed by atoms with Crippen molar-refractivity contribution in [1.82, 2.24) is 20.0 Å². The number of aliphatic hydroxyl groups excluding tert-OH is 1. The van der Waals surface area contributed by atoms with Crippen molar-refractivity contribution in [1.29, 1.82) is 0 Å². The largest absolute Gasteiger partial charge is 0.395 e. The summed E-state index contributed by atoms with van der Waals surface area (Å²) in [5.74, 6) is -0.875. The summed E-state index contributed by atoms with van der Waals surface area (Å²) in [6, 6.07) is 0.327. The van der Waals surface area contributed by atoms with Crippen LogP contribution in [0, 0.1) is 0 Å². The molecule has 0 aliphatic rings. The molecule has 0 bridgehead atoms. The van der Waals surface area contributed by atoms with Gasteiger partial charge in [0.1, 0.15) is 18.1 Å². The molecule has 0 fully saturated rings. The predicted octanol–water partition coefficient (Wildman–Crippen LogP) is -1.92. The van der Waals surface area contributed by atoms with Gasteiger partial charge in [0, 0.05) is 12.7 Å². The fraction of sp³-hybridized carbons (Fsp3) is 0.500.